The number of carbonyl (C=O) groups excluding carboxylic acids is 1. The molecule has 1 heterocycles. The summed E-state index contributed by atoms with van der Waals surface area (Å²) in [5.41, 5.74) is 1.71. The van der Waals surface area contributed by atoms with Crippen LogP contribution >= 0.6 is 11.6 Å². The standard InChI is InChI=1S/C30H35ClN2O3S/c1-24(34)30(27-11-5-3-6-12-27)17-20-33(21-18-30)19-16-26(25-10-9-13-28(31)22-25)23-32(2)37(35,36)29-14-7-4-8-15-29/h3-15,22,26H,16-21,23H2,1-2H3. The number of benzene rings is 3. The van der Waals surface area contributed by atoms with Crippen LogP contribution in [0.25, 0.3) is 0 Å². The lowest BCUT2D eigenvalue weighted by molar-refractivity contribution is -0.124. The highest BCUT2D eigenvalue weighted by molar-refractivity contribution is 7.89. The van der Waals surface area contributed by atoms with E-state index in [1.807, 2.05) is 48.5 Å². The van der Waals surface area contributed by atoms with Crippen molar-refractivity contribution in [2.24, 2.45) is 0 Å². The quantitative estimate of drug-likeness (QED) is 0.329. The Morgan fingerprint density at radius 1 is 0.973 bits per heavy atom. The first-order chi connectivity index (χ1) is 17.7. The maximum absolute atomic E-state index is 13.2. The number of carbonyl (C=O) groups is 1. The topological polar surface area (TPSA) is 57.7 Å². The molecule has 5 nitrogen and oxygen atoms in total. The van der Waals surface area contributed by atoms with Gasteiger partial charge in [-0.25, -0.2) is 12.7 Å². The number of piperidine rings is 1. The summed E-state index contributed by atoms with van der Waals surface area (Å²) < 4.78 is 27.8. The van der Waals surface area contributed by atoms with E-state index in [4.69, 9.17) is 11.6 Å². The molecule has 1 saturated heterocycles. The number of likely N-dealkylation sites (N-methyl/N-ethyl adjacent to an activating group) is 1. The molecule has 3 aromatic rings. The Labute approximate surface area is 226 Å². The molecule has 0 amide bonds. The van der Waals surface area contributed by atoms with Crippen molar-refractivity contribution in [1.29, 1.82) is 0 Å². The van der Waals surface area contributed by atoms with Crippen LogP contribution in [-0.4, -0.2) is 56.6 Å². The Morgan fingerprint density at radius 3 is 2.19 bits per heavy atom. The minimum atomic E-state index is -3.60. The number of hydrogen-bond acceptors (Lipinski definition) is 4. The fraction of sp³-hybridized carbons (Fsp3) is 0.367. The van der Waals surface area contributed by atoms with E-state index in [0.717, 1.165) is 50.0 Å². The molecular formula is C30H35ClN2O3S. The van der Waals surface area contributed by atoms with E-state index in [9.17, 15) is 13.2 Å². The van der Waals surface area contributed by atoms with E-state index in [0.29, 0.717) is 16.5 Å². The predicted molar refractivity (Wildman–Crippen MR) is 150 cm³/mol. The predicted octanol–water partition coefficient (Wildman–Crippen LogP) is 5.76. The molecule has 1 fully saturated rings. The van der Waals surface area contributed by atoms with Crippen molar-refractivity contribution in [3.63, 3.8) is 0 Å². The summed E-state index contributed by atoms with van der Waals surface area (Å²) in [6.45, 7) is 4.54. The van der Waals surface area contributed by atoms with Crippen LogP contribution in [0.2, 0.25) is 5.02 Å². The van der Waals surface area contributed by atoms with Gasteiger partial charge in [0.15, 0.2) is 0 Å². The van der Waals surface area contributed by atoms with Gasteiger partial charge < -0.3 is 4.90 Å². The van der Waals surface area contributed by atoms with Crippen LogP contribution in [0.1, 0.15) is 43.2 Å². The SMILES string of the molecule is CC(=O)C1(c2ccccc2)CCN(CCC(CN(C)S(=O)(=O)c2ccccc2)c2cccc(Cl)c2)CC1. The van der Waals surface area contributed by atoms with Crippen molar-refractivity contribution in [2.75, 3.05) is 33.2 Å². The Balaban J connectivity index is 1.46. The van der Waals surface area contributed by atoms with E-state index in [1.54, 1.807) is 38.2 Å². The van der Waals surface area contributed by atoms with Crippen molar-refractivity contribution in [1.82, 2.24) is 9.21 Å². The van der Waals surface area contributed by atoms with Crippen molar-refractivity contribution < 1.29 is 13.2 Å². The van der Waals surface area contributed by atoms with E-state index >= 15 is 0 Å². The van der Waals surface area contributed by atoms with Crippen molar-refractivity contribution in [3.8, 4) is 0 Å². The third kappa shape index (κ3) is 6.32. The maximum Gasteiger partial charge on any atom is 0.242 e. The number of hydrogen-bond donors (Lipinski definition) is 0. The summed E-state index contributed by atoms with van der Waals surface area (Å²) in [5, 5.41) is 0.642. The summed E-state index contributed by atoms with van der Waals surface area (Å²) in [7, 11) is -1.96. The zero-order valence-electron chi connectivity index (χ0n) is 21.5. The van der Waals surface area contributed by atoms with Crippen LogP contribution in [0.4, 0.5) is 0 Å². The van der Waals surface area contributed by atoms with E-state index in [2.05, 4.69) is 17.0 Å². The van der Waals surface area contributed by atoms with Crippen molar-refractivity contribution in [2.45, 2.75) is 42.4 Å². The zero-order valence-corrected chi connectivity index (χ0v) is 23.1. The first-order valence-electron chi connectivity index (χ1n) is 12.8. The van der Waals surface area contributed by atoms with Gasteiger partial charge in [0.2, 0.25) is 10.0 Å². The van der Waals surface area contributed by atoms with Crippen LogP contribution < -0.4 is 0 Å². The molecule has 0 saturated carbocycles. The lowest BCUT2D eigenvalue weighted by Crippen LogP contribution is -2.47. The molecule has 0 spiro atoms. The largest absolute Gasteiger partial charge is 0.303 e. The second-order valence-corrected chi connectivity index (χ2v) is 12.5. The van der Waals surface area contributed by atoms with Gasteiger partial charge in [0.05, 0.1) is 10.3 Å². The van der Waals surface area contributed by atoms with Gasteiger partial charge in [0.1, 0.15) is 5.78 Å². The third-order valence-electron chi connectivity index (χ3n) is 7.75. The Hall–Kier alpha value is -2.51. The summed E-state index contributed by atoms with van der Waals surface area (Å²) in [5.74, 6) is 0.207. The number of sulfonamides is 1. The molecule has 1 aliphatic rings. The van der Waals surface area contributed by atoms with Crippen LogP contribution in [0.5, 0.6) is 0 Å². The molecule has 37 heavy (non-hydrogen) atoms. The first kappa shape index (κ1) is 27.5. The van der Waals surface area contributed by atoms with E-state index < -0.39 is 15.4 Å². The van der Waals surface area contributed by atoms with Crippen LogP contribution in [0.15, 0.2) is 89.8 Å². The molecule has 0 aromatic heterocycles. The van der Waals surface area contributed by atoms with Gasteiger partial charge in [-0.15, -0.1) is 0 Å². The molecule has 0 N–H and O–H groups in total. The molecular weight excluding hydrogens is 504 g/mol. The molecule has 0 aliphatic carbocycles. The highest BCUT2D eigenvalue weighted by Gasteiger charge is 2.40. The number of nitrogens with zero attached hydrogens (tertiary/aromatic N) is 2. The van der Waals surface area contributed by atoms with E-state index in [-0.39, 0.29) is 11.7 Å². The zero-order chi connectivity index (χ0) is 26.5. The summed E-state index contributed by atoms with van der Waals surface area (Å²) in [4.78, 5) is 15.4. The van der Waals surface area contributed by atoms with Crippen molar-refractivity contribution in [3.05, 3.63) is 101 Å². The number of halogens is 1. The van der Waals surface area contributed by atoms with Crippen LogP contribution in [0, 0.1) is 0 Å². The molecule has 1 aliphatic heterocycles. The van der Waals surface area contributed by atoms with Gasteiger partial charge in [-0.05, 0) is 87.1 Å². The number of likely N-dealkylation sites (tertiary alicyclic amines) is 1. The smallest absolute Gasteiger partial charge is 0.242 e. The molecule has 0 radical (unpaired) electrons. The summed E-state index contributed by atoms with van der Waals surface area (Å²) in [6, 6.07) is 26.4. The highest BCUT2D eigenvalue weighted by Crippen LogP contribution is 2.37. The average molecular weight is 539 g/mol. The molecule has 3 aromatic carbocycles. The molecule has 1 unspecified atom stereocenters. The first-order valence-corrected chi connectivity index (χ1v) is 14.6. The molecule has 0 bridgehead atoms. The molecule has 7 heteroatoms. The molecule has 1 atom stereocenters. The fourth-order valence-electron chi connectivity index (χ4n) is 5.40. The van der Waals surface area contributed by atoms with Gasteiger partial charge in [-0.2, -0.15) is 0 Å². The van der Waals surface area contributed by atoms with Crippen molar-refractivity contribution >= 4 is 27.4 Å². The fourth-order valence-corrected chi connectivity index (χ4v) is 6.84. The van der Waals surface area contributed by atoms with Gasteiger partial charge >= 0.3 is 0 Å². The Morgan fingerprint density at radius 2 is 1.59 bits per heavy atom. The number of ketones is 1. The van der Waals surface area contributed by atoms with Gasteiger partial charge in [-0.3, -0.25) is 4.79 Å². The average Bonchev–Trinajstić information content (AvgIpc) is 2.92. The van der Waals surface area contributed by atoms with Crippen LogP contribution in [0.3, 0.4) is 0 Å². The third-order valence-corrected chi connectivity index (χ3v) is 9.83. The normalized spacial score (nSPS) is 17.0. The second kappa shape index (κ2) is 11.9. The number of rotatable bonds is 10. The lowest BCUT2D eigenvalue weighted by atomic mass is 9.70. The molecule has 4 rings (SSSR count). The monoisotopic (exact) mass is 538 g/mol. The minimum absolute atomic E-state index is 0.0178. The highest BCUT2D eigenvalue weighted by atomic mass is 35.5. The number of Topliss-reactive ketones (excluding diaryl/α,β-unsaturated/α-hetero) is 1. The van der Waals surface area contributed by atoms with Crippen LogP contribution in [-0.2, 0) is 20.2 Å². The van der Waals surface area contributed by atoms with Gasteiger partial charge in [-0.1, -0.05) is 72.3 Å². The van der Waals surface area contributed by atoms with Gasteiger partial charge in [0, 0.05) is 18.6 Å². The summed E-state index contributed by atoms with van der Waals surface area (Å²) in [6.07, 6.45) is 2.36. The molecule has 196 valence electrons. The Bertz CT molecular complexity index is 1290. The van der Waals surface area contributed by atoms with Gasteiger partial charge in [0.25, 0.3) is 0 Å². The maximum atomic E-state index is 13.2. The lowest BCUT2D eigenvalue weighted by Gasteiger charge is -2.41. The minimum Gasteiger partial charge on any atom is -0.303 e. The Kier molecular flexibility index (Phi) is 8.86. The second-order valence-electron chi connectivity index (χ2n) is 9.99. The summed E-state index contributed by atoms with van der Waals surface area (Å²) >= 11 is 6.31. The van der Waals surface area contributed by atoms with E-state index in [1.165, 1.54) is 4.31 Å².